The van der Waals surface area contributed by atoms with Gasteiger partial charge in [0.1, 0.15) is 0 Å². The zero-order valence-electron chi connectivity index (χ0n) is 8.02. The number of hydrogen-bond acceptors (Lipinski definition) is 0. The van der Waals surface area contributed by atoms with E-state index in [-0.39, 0.29) is 7.92 Å². The first kappa shape index (κ1) is 9.42. The molecule has 3 heterocycles. The molecule has 0 N–H and O–H groups in total. The molecule has 0 atom stereocenters. The maximum absolute atomic E-state index is 1.67. The van der Waals surface area contributed by atoms with Gasteiger partial charge in [0.2, 0.25) is 0 Å². The summed E-state index contributed by atoms with van der Waals surface area (Å²) in [6, 6.07) is 0. The van der Waals surface area contributed by atoms with Crippen LogP contribution in [0.4, 0.5) is 0 Å². The second-order valence-electron chi connectivity index (χ2n) is 4.26. The molecule has 0 unspecified atom stereocenters. The summed E-state index contributed by atoms with van der Waals surface area (Å²) in [6.07, 6.45) is 16.3. The minimum absolute atomic E-state index is 0.167. The van der Waals surface area contributed by atoms with Gasteiger partial charge in [-0.05, 0) is 44.2 Å². The summed E-state index contributed by atoms with van der Waals surface area (Å²) >= 11 is 0. The predicted molar refractivity (Wildman–Crippen MR) is 62.9 cm³/mol. The van der Waals surface area contributed by atoms with Gasteiger partial charge in [-0.3, -0.25) is 0 Å². The molecule has 3 rings (SSSR count). The molecule has 0 spiro atoms. The fourth-order valence-corrected chi connectivity index (χ4v) is 8.53. The van der Waals surface area contributed by atoms with Gasteiger partial charge < -0.3 is 0 Å². The quantitative estimate of drug-likeness (QED) is 0.530. The summed E-state index contributed by atoms with van der Waals surface area (Å²) in [5.41, 5.74) is 0. The standard InChI is InChI=1S/C10H20P2/c1-2-6-12-9-3-7-11(5-1)8-4-10-12/h1-10H2/p+1. The third-order valence-corrected chi connectivity index (χ3v) is 9.29. The van der Waals surface area contributed by atoms with Crippen LogP contribution in [-0.4, -0.2) is 37.0 Å². The van der Waals surface area contributed by atoms with E-state index < -0.39 is 0 Å². The van der Waals surface area contributed by atoms with Gasteiger partial charge in [-0.1, -0.05) is 0 Å². The van der Waals surface area contributed by atoms with E-state index in [2.05, 4.69) is 0 Å². The smallest absolute Gasteiger partial charge is 0.0575 e. The minimum atomic E-state index is 0.167. The molecule has 0 aromatic carbocycles. The zero-order chi connectivity index (χ0) is 8.23. The second kappa shape index (κ2) is 4.92. The van der Waals surface area contributed by atoms with Crippen LogP contribution >= 0.6 is 15.8 Å². The fourth-order valence-electron chi connectivity index (χ4n) is 2.53. The maximum Gasteiger partial charge on any atom is 0.0575 e. The molecule has 3 aliphatic rings. The molecule has 2 bridgehead atoms. The molecule has 3 fully saturated rings. The fraction of sp³-hybridized carbons (Fsp3) is 1.00. The molecule has 0 amide bonds. The lowest BCUT2D eigenvalue weighted by Gasteiger charge is -2.18. The van der Waals surface area contributed by atoms with Crippen molar-refractivity contribution in [2.75, 3.05) is 37.0 Å². The largest absolute Gasteiger partial charge is 0.106 e. The number of rotatable bonds is 0. The highest BCUT2D eigenvalue weighted by molar-refractivity contribution is 7.59. The predicted octanol–water partition coefficient (Wildman–Crippen LogP) is 3.27. The van der Waals surface area contributed by atoms with Crippen LogP contribution in [0.5, 0.6) is 0 Å². The van der Waals surface area contributed by atoms with Gasteiger partial charge in [-0.15, -0.1) is 7.92 Å². The van der Waals surface area contributed by atoms with E-state index in [1.807, 2.05) is 0 Å². The summed E-state index contributed by atoms with van der Waals surface area (Å²) in [5, 5.41) is 0. The van der Waals surface area contributed by atoms with Gasteiger partial charge >= 0.3 is 0 Å². The Morgan fingerprint density at radius 3 is 2.00 bits per heavy atom. The molecular formula is C10H21P2+. The zero-order valence-corrected chi connectivity index (χ0v) is 9.91. The Morgan fingerprint density at radius 1 is 0.667 bits per heavy atom. The average molecular weight is 203 g/mol. The van der Waals surface area contributed by atoms with Crippen molar-refractivity contribution in [2.45, 2.75) is 25.7 Å². The van der Waals surface area contributed by atoms with E-state index in [0.29, 0.717) is 7.92 Å². The lowest BCUT2D eigenvalue weighted by Crippen LogP contribution is -2.02. The molecule has 0 aromatic heterocycles. The normalized spacial score (nSPS) is 38.0. The Morgan fingerprint density at radius 2 is 1.25 bits per heavy atom. The topological polar surface area (TPSA) is 0 Å². The van der Waals surface area contributed by atoms with Gasteiger partial charge in [0.15, 0.2) is 0 Å². The molecule has 2 heteroatoms. The van der Waals surface area contributed by atoms with Crippen molar-refractivity contribution < 1.29 is 0 Å². The third-order valence-electron chi connectivity index (χ3n) is 3.26. The van der Waals surface area contributed by atoms with Gasteiger partial charge in [-0.2, -0.15) is 0 Å². The SMILES string of the molecule is C1CC[PH+]2CCCP(C1)CCC2. The van der Waals surface area contributed by atoms with Crippen LogP contribution in [0.1, 0.15) is 25.7 Å². The van der Waals surface area contributed by atoms with Crippen LogP contribution < -0.4 is 0 Å². The number of hydrogen-bond donors (Lipinski definition) is 0. The molecule has 0 aromatic rings. The van der Waals surface area contributed by atoms with Crippen molar-refractivity contribution in [1.82, 2.24) is 0 Å². The van der Waals surface area contributed by atoms with Crippen molar-refractivity contribution in [3.63, 3.8) is 0 Å². The molecule has 12 heavy (non-hydrogen) atoms. The Balaban J connectivity index is 1.96. The van der Waals surface area contributed by atoms with Crippen molar-refractivity contribution in [2.24, 2.45) is 0 Å². The van der Waals surface area contributed by atoms with Gasteiger partial charge in [0.25, 0.3) is 0 Å². The third kappa shape index (κ3) is 2.68. The van der Waals surface area contributed by atoms with Crippen molar-refractivity contribution in [3.8, 4) is 0 Å². The molecule has 0 radical (unpaired) electrons. The first-order valence-electron chi connectivity index (χ1n) is 5.51. The highest BCUT2D eigenvalue weighted by Crippen LogP contribution is 2.48. The average Bonchev–Trinajstić information content (AvgIpc) is 2.18. The van der Waals surface area contributed by atoms with E-state index in [4.69, 9.17) is 0 Å². The van der Waals surface area contributed by atoms with Crippen LogP contribution in [-0.2, 0) is 0 Å². The highest BCUT2D eigenvalue weighted by atomic mass is 31.1. The van der Waals surface area contributed by atoms with Crippen LogP contribution in [0.15, 0.2) is 0 Å². The molecule has 0 nitrogen and oxygen atoms in total. The van der Waals surface area contributed by atoms with E-state index in [9.17, 15) is 0 Å². The Hall–Kier alpha value is 0.860. The summed E-state index contributed by atoms with van der Waals surface area (Å²) in [4.78, 5) is 0. The summed E-state index contributed by atoms with van der Waals surface area (Å²) in [5.74, 6) is 0. The van der Waals surface area contributed by atoms with Gasteiger partial charge in [0, 0.05) is 7.92 Å². The van der Waals surface area contributed by atoms with Crippen LogP contribution in [0.2, 0.25) is 0 Å². The minimum Gasteiger partial charge on any atom is -0.106 e. The Bertz CT molecular complexity index is 106. The van der Waals surface area contributed by atoms with Crippen LogP contribution in [0.25, 0.3) is 0 Å². The first-order chi connectivity index (χ1) is 5.95. The van der Waals surface area contributed by atoms with Gasteiger partial charge in [0.05, 0.1) is 18.5 Å². The molecule has 0 aliphatic carbocycles. The number of fused-ring (bicyclic) bond motifs is 7. The van der Waals surface area contributed by atoms with Gasteiger partial charge in [-0.25, -0.2) is 0 Å². The second-order valence-corrected chi connectivity index (χ2v) is 9.94. The van der Waals surface area contributed by atoms with Crippen molar-refractivity contribution >= 4 is 15.8 Å². The molecular weight excluding hydrogens is 182 g/mol. The summed E-state index contributed by atoms with van der Waals surface area (Å²) in [6.45, 7) is 0. The van der Waals surface area contributed by atoms with E-state index in [0.717, 1.165) is 0 Å². The summed E-state index contributed by atoms with van der Waals surface area (Å²) in [7, 11) is 0.689. The molecule has 70 valence electrons. The maximum atomic E-state index is 1.67. The molecule has 0 saturated carbocycles. The van der Waals surface area contributed by atoms with E-state index in [1.54, 1.807) is 62.7 Å². The lowest BCUT2D eigenvalue weighted by molar-refractivity contribution is 0.899. The van der Waals surface area contributed by atoms with E-state index >= 15 is 0 Å². The molecule has 3 saturated heterocycles. The Kier molecular flexibility index (Phi) is 3.86. The van der Waals surface area contributed by atoms with Crippen molar-refractivity contribution in [1.29, 1.82) is 0 Å². The van der Waals surface area contributed by atoms with E-state index in [1.165, 1.54) is 0 Å². The van der Waals surface area contributed by atoms with Crippen LogP contribution in [0.3, 0.4) is 0 Å². The van der Waals surface area contributed by atoms with Crippen molar-refractivity contribution in [3.05, 3.63) is 0 Å². The lowest BCUT2D eigenvalue weighted by atomic mass is 10.4. The Labute approximate surface area is 79.0 Å². The first-order valence-corrected chi connectivity index (χ1v) is 9.53. The van der Waals surface area contributed by atoms with Crippen LogP contribution in [0, 0.1) is 0 Å². The monoisotopic (exact) mass is 203 g/mol. The summed E-state index contributed by atoms with van der Waals surface area (Å²) < 4.78 is 0. The molecule has 3 aliphatic heterocycles. The highest BCUT2D eigenvalue weighted by Gasteiger charge is 2.22.